The molecule has 1 fully saturated rings. The summed E-state index contributed by atoms with van der Waals surface area (Å²) in [6, 6.07) is 10.9. The number of hydrogen-bond donors (Lipinski definition) is 2. The summed E-state index contributed by atoms with van der Waals surface area (Å²) in [5.41, 5.74) is 6.09. The van der Waals surface area contributed by atoms with E-state index in [9.17, 15) is 19.7 Å². The van der Waals surface area contributed by atoms with Gasteiger partial charge in [-0.25, -0.2) is 0 Å². The standard InChI is InChI=1S/C20H22N4O6/c21-19(25)7-10-30-18-4-2-1-3-16(18)22-20(26)15-13-14(24(27)28)5-6-17(15)23-8-11-29-12-9-23/h1-6,13H,7-12H2,(H2,21,25)(H,22,26). The number of hydrogen-bond acceptors (Lipinski definition) is 7. The summed E-state index contributed by atoms with van der Waals surface area (Å²) in [6.45, 7) is 2.23. The Morgan fingerprint density at radius 3 is 2.63 bits per heavy atom. The third-order valence-electron chi connectivity index (χ3n) is 4.53. The molecule has 0 bridgehead atoms. The quantitative estimate of drug-likeness (QED) is 0.497. The van der Waals surface area contributed by atoms with Crippen LogP contribution in [0.1, 0.15) is 16.8 Å². The molecule has 1 aliphatic rings. The lowest BCUT2D eigenvalue weighted by Crippen LogP contribution is -2.37. The minimum atomic E-state index is -0.541. The zero-order valence-electron chi connectivity index (χ0n) is 16.2. The first-order chi connectivity index (χ1) is 14.5. The van der Waals surface area contributed by atoms with Crippen molar-refractivity contribution in [2.24, 2.45) is 5.73 Å². The van der Waals surface area contributed by atoms with Gasteiger partial charge < -0.3 is 25.4 Å². The molecule has 10 nitrogen and oxygen atoms in total. The topological polar surface area (TPSA) is 137 Å². The Morgan fingerprint density at radius 1 is 1.20 bits per heavy atom. The highest BCUT2D eigenvalue weighted by molar-refractivity contribution is 6.09. The third kappa shape index (κ3) is 5.23. The Kier molecular flexibility index (Phi) is 6.81. The maximum absolute atomic E-state index is 13.1. The van der Waals surface area contributed by atoms with Crippen LogP contribution < -0.4 is 20.7 Å². The molecule has 0 spiro atoms. The number of non-ortho nitro benzene ring substituents is 1. The van der Waals surface area contributed by atoms with E-state index in [4.69, 9.17) is 15.2 Å². The smallest absolute Gasteiger partial charge is 0.270 e. The average molecular weight is 414 g/mol. The molecular formula is C20H22N4O6. The van der Waals surface area contributed by atoms with E-state index in [0.29, 0.717) is 43.4 Å². The van der Waals surface area contributed by atoms with Crippen molar-refractivity contribution in [3.8, 4) is 5.75 Å². The SMILES string of the molecule is NC(=O)CCOc1ccccc1NC(=O)c1cc([N+](=O)[O-])ccc1N1CCOCC1. The van der Waals surface area contributed by atoms with Gasteiger partial charge in [-0.3, -0.25) is 19.7 Å². The first kappa shape index (κ1) is 21.1. The van der Waals surface area contributed by atoms with Crippen LogP contribution >= 0.6 is 0 Å². The van der Waals surface area contributed by atoms with E-state index in [1.807, 2.05) is 4.90 Å². The summed E-state index contributed by atoms with van der Waals surface area (Å²) in [6.07, 6.45) is 0.0361. The van der Waals surface area contributed by atoms with Gasteiger partial charge in [0, 0.05) is 25.2 Å². The van der Waals surface area contributed by atoms with Crippen LogP contribution in [-0.2, 0) is 9.53 Å². The van der Waals surface area contributed by atoms with Crippen molar-refractivity contribution in [2.75, 3.05) is 43.1 Å². The van der Waals surface area contributed by atoms with Gasteiger partial charge in [0.15, 0.2) is 0 Å². The fourth-order valence-electron chi connectivity index (χ4n) is 3.05. The molecule has 1 heterocycles. The van der Waals surface area contributed by atoms with Crippen LogP contribution in [0.5, 0.6) is 5.75 Å². The number of primary amides is 1. The zero-order valence-corrected chi connectivity index (χ0v) is 16.2. The molecule has 2 amide bonds. The lowest BCUT2D eigenvalue weighted by molar-refractivity contribution is -0.384. The highest BCUT2D eigenvalue weighted by atomic mass is 16.6. The Hall–Kier alpha value is -3.66. The van der Waals surface area contributed by atoms with Gasteiger partial charge in [0.25, 0.3) is 11.6 Å². The van der Waals surface area contributed by atoms with Crippen LogP contribution in [0.25, 0.3) is 0 Å². The van der Waals surface area contributed by atoms with Crippen molar-refractivity contribution in [3.05, 3.63) is 58.1 Å². The number of morpholine rings is 1. The molecule has 3 N–H and O–H groups in total. The summed E-state index contributed by atoms with van der Waals surface area (Å²) in [5.74, 6) is -0.639. The number of anilines is 2. The van der Waals surface area contributed by atoms with Crippen LogP contribution in [0.2, 0.25) is 0 Å². The van der Waals surface area contributed by atoms with E-state index >= 15 is 0 Å². The maximum Gasteiger partial charge on any atom is 0.270 e. The normalized spacial score (nSPS) is 13.5. The average Bonchev–Trinajstić information content (AvgIpc) is 2.75. The van der Waals surface area contributed by atoms with Crippen LogP contribution in [0.4, 0.5) is 17.1 Å². The molecule has 3 rings (SSSR count). The Morgan fingerprint density at radius 2 is 1.93 bits per heavy atom. The Labute approximate surface area is 172 Å². The molecule has 1 saturated heterocycles. The van der Waals surface area contributed by atoms with E-state index in [-0.39, 0.29) is 24.3 Å². The summed E-state index contributed by atoms with van der Waals surface area (Å²) < 4.78 is 10.9. The summed E-state index contributed by atoms with van der Waals surface area (Å²) in [4.78, 5) is 36.6. The molecule has 0 aliphatic carbocycles. The molecule has 10 heteroatoms. The number of para-hydroxylation sites is 2. The van der Waals surface area contributed by atoms with E-state index in [2.05, 4.69) is 5.32 Å². The second-order valence-electron chi connectivity index (χ2n) is 6.57. The number of nitrogens with zero attached hydrogens (tertiary/aromatic N) is 2. The van der Waals surface area contributed by atoms with Crippen molar-refractivity contribution in [1.29, 1.82) is 0 Å². The monoisotopic (exact) mass is 414 g/mol. The molecule has 0 aromatic heterocycles. The number of nitro benzene ring substituents is 1. The Balaban J connectivity index is 1.86. The van der Waals surface area contributed by atoms with Gasteiger partial charge in [0.05, 0.1) is 48.1 Å². The largest absolute Gasteiger partial charge is 0.491 e. The molecular weight excluding hydrogens is 392 g/mol. The van der Waals surface area contributed by atoms with Gasteiger partial charge in [0.2, 0.25) is 5.91 Å². The van der Waals surface area contributed by atoms with Crippen LogP contribution in [-0.4, -0.2) is 49.6 Å². The second kappa shape index (κ2) is 9.70. The van der Waals surface area contributed by atoms with E-state index in [1.54, 1.807) is 30.3 Å². The fourth-order valence-corrected chi connectivity index (χ4v) is 3.05. The molecule has 158 valence electrons. The minimum Gasteiger partial charge on any atom is -0.491 e. The molecule has 1 aliphatic heterocycles. The van der Waals surface area contributed by atoms with E-state index < -0.39 is 16.7 Å². The van der Waals surface area contributed by atoms with Crippen LogP contribution in [0.3, 0.4) is 0 Å². The first-order valence-electron chi connectivity index (χ1n) is 9.38. The van der Waals surface area contributed by atoms with E-state index in [1.165, 1.54) is 12.1 Å². The molecule has 2 aromatic carbocycles. The number of nitro groups is 1. The predicted octanol–water partition coefficient (Wildman–Crippen LogP) is 1.94. The van der Waals surface area contributed by atoms with Crippen molar-refractivity contribution in [3.63, 3.8) is 0 Å². The minimum absolute atomic E-state index is 0.0361. The molecule has 0 radical (unpaired) electrons. The van der Waals surface area contributed by atoms with Gasteiger partial charge in [-0.1, -0.05) is 12.1 Å². The zero-order chi connectivity index (χ0) is 21.5. The van der Waals surface area contributed by atoms with Gasteiger partial charge in [-0.15, -0.1) is 0 Å². The number of nitrogens with two attached hydrogens (primary N) is 1. The van der Waals surface area contributed by atoms with Gasteiger partial charge in [-0.05, 0) is 18.2 Å². The van der Waals surface area contributed by atoms with E-state index in [0.717, 1.165) is 0 Å². The summed E-state index contributed by atoms with van der Waals surface area (Å²) in [5, 5.41) is 14.0. The number of amides is 2. The van der Waals surface area contributed by atoms with Crippen molar-refractivity contribution in [1.82, 2.24) is 0 Å². The third-order valence-corrected chi connectivity index (χ3v) is 4.53. The van der Waals surface area contributed by atoms with Gasteiger partial charge >= 0.3 is 0 Å². The number of benzene rings is 2. The molecule has 2 aromatic rings. The lowest BCUT2D eigenvalue weighted by atomic mass is 10.1. The Bertz CT molecular complexity index is 943. The van der Waals surface area contributed by atoms with Crippen LogP contribution in [0, 0.1) is 10.1 Å². The number of carbonyl (C=O) groups excluding carboxylic acids is 2. The highest BCUT2D eigenvalue weighted by Crippen LogP contribution is 2.29. The first-order valence-corrected chi connectivity index (χ1v) is 9.38. The highest BCUT2D eigenvalue weighted by Gasteiger charge is 2.22. The molecule has 0 saturated carbocycles. The number of carbonyl (C=O) groups is 2. The maximum atomic E-state index is 13.1. The van der Waals surface area contributed by atoms with Crippen molar-refractivity contribution < 1.29 is 24.0 Å². The number of rotatable bonds is 8. The van der Waals surface area contributed by atoms with Gasteiger partial charge in [0.1, 0.15) is 5.75 Å². The fraction of sp³-hybridized carbons (Fsp3) is 0.300. The second-order valence-corrected chi connectivity index (χ2v) is 6.57. The van der Waals surface area contributed by atoms with Crippen molar-refractivity contribution in [2.45, 2.75) is 6.42 Å². The predicted molar refractivity (Wildman–Crippen MR) is 110 cm³/mol. The molecule has 0 atom stereocenters. The number of ether oxygens (including phenoxy) is 2. The summed E-state index contributed by atoms with van der Waals surface area (Å²) >= 11 is 0. The molecule has 0 unspecified atom stereocenters. The summed E-state index contributed by atoms with van der Waals surface area (Å²) in [7, 11) is 0. The number of nitrogens with one attached hydrogen (secondary N) is 1. The van der Waals surface area contributed by atoms with Crippen LogP contribution in [0.15, 0.2) is 42.5 Å². The van der Waals surface area contributed by atoms with Crippen molar-refractivity contribution >= 4 is 28.9 Å². The van der Waals surface area contributed by atoms with Gasteiger partial charge in [-0.2, -0.15) is 0 Å². The lowest BCUT2D eigenvalue weighted by Gasteiger charge is -2.30. The molecule has 30 heavy (non-hydrogen) atoms.